The number of ether oxygens (including phenoxy) is 1. The van der Waals surface area contributed by atoms with E-state index in [2.05, 4.69) is 0 Å². The minimum absolute atomic E-state index is 0.131. The Morgan fingerprint density at radius 1 is 1.40 bits per heavy atom. The van der Waals surface area contributed by atoms with Gasteiger partial charge >= 0.3 is 12.1 Å². The average molecular weight is 291 g/mol. The summed E-state index contributed by atoms with van der Waals surface area (Å²) in [6, 6.07) is 1.85. The number of nitrogens with zero attached hydrogens (tertiary/aromatic N) is 1. The van der Waals surface area contributed by atoms with E-state index >= 15 is 0 Å². The fraction of sp³-hybridized carbons (Fsp3) is 0.538. The van der Waals surface area contributed by atoms with E-state index in [1.165, 1.54) is 6.20 Å². The highest BCUT2D eigenvalue weighted by Gasteiger charge is 2.34. The molecular weight excluding hydrogens is 275 g/mol. The highest BCUT2D eigenvalue weighted by atomic mass is 19.4. The van der Waals surface area contributed by atoms with Crippen LogP contribution in [0.2, 0.25) is 0 Å². The molecule has 0 spiro atoms. The molecule has 112 valence electrons. The van der Waals surface area contributed by atoms with Crippen LogP contribution in [0.4, 0.5) is 13.2 Å². The maximum absolute atomic E-state index is 12.5. The molecule has 0 amide bonds. The highest BCUT2D eigenvalue weighted by molar-refractivity contribution is 5.69. The lowest BCUT2D eigenvalue weighted by atomic mass is 10.2. The fourth-order valence-corrected chi connectivity index (χ4v) is 1.54. The lowest BCUT2D eigenvalue weighted by molar-refractivity contribution is -0.144. The zero-order valence-electron chi connectivity index (χ0n) is 11.1. The third-order valence-electron chi connectivity index (χ3n) is 2.64. The van der Waals surface area contributed by atoms with Crippen molar-refractivity contribution < 1.29 is 22.7 Å². The molecule has 0 aliphatic rings. The lowest BCUT2D eigenvalue weighted by Gasteiger charge is -2.10. The van der Waals surface area contributed by atoms with Crippen LogP contribution in [0.15, 0.2) is 23.1 Å². The summed E-state index contributed by atoms with van der Waals surface area (Å²) in [5, 5.41) is 0. The third kappa shape index (κ3) is 4.71. The van der Waals surface area contributed by atoms with Crippen LogP contribution in [-0.4, -0.2) is 17.1 Å². The minimum atomic E-state index is -4.69. The number of hydrogen-bond acceptors (Lipinski definition) is 3. The maximum atomic E-state index is 12.5. The average Bonchev–Trinajstić information content (AvgIpc) is 2.36. The first kappa shape index (κ1) is 16.3. The third-order valence-corrected chi connectivity index (χ3v) is 2.64. The van der Waals surface area contributed by atoms with Gasteiger partial charge in [-0.3, -0.25) is 9.59 Å². The van der Waals surface area contributed by atoms with Crippen molar-refractivity contribution in [1.82, 2.24) is 4.57 Å². The van der Waals surface area contributed by atoms with Crippen molar-refractivity contribution in [2.75, 3.05) is 6.61 Å². The van der Waals surface area contributed by atoms with Gasteiger partial charge in [-0.05, 0) is 18.6 Å². The number of alkyl halides is 3. The van der Waals surface area contributed by atoms with Crippen LogP contribution >= 0.6 is 0 Å². The number of halogens is 3. The Morgan fingerprint density at radius 2 is 2.10 bits per heavy atom. The van der Waals surface area contributed by atoms with E-state index in [-0.39, 0.29) is 19.6 Å². The van der Waals surface area contributed by atoms with Gasteiger partial charge < -0.3 is 9.30 Å². The fourth-order valence-electron chi connectivity index (χ4n) is 1.54. The minimum Gasteiger partial charge on any atom is -0.466 e. The second-order valence-corrected chi connectivity index (χ2v) is 4.24. The first-order valence-corrected chi connectivity index (χ1v) is 6.28. The van der Waals surface area contributed by atoms with Crippen molar-refractivity contribution in [3.63, 3.8) is 0 Å². The summed E-state index contributed by atoms with van der Waals surface area (Å²) in [7, 11) is 0. The van der Waals surface area contributed by atoms with Crippen molar-refractivity contribution in [3.05, 3.63) is 34.2 Å². The zero-order chi connectivity index (χ0) is 15.2. The molecule has 0 saturated carbocycles. The van der Waals surface area contributed by atoms with Gasteiger partial charge in [0.05, 0.1) is 13.0 Å². The van der Waals surface area contributed by atoms with Gasteiger partial charge in [-0.2, -0.15) is 13.2 Å². The van der Waals surface area contributed by atoms with E-state index in [1.807, 2.05) is 6.92 Å². The molecule has 0 radical (unpaired) electrons. The molecule has 0 aliphatic carbocycles. The number of aryl methyl sites for hydroxylation is 1. The van der Waals surface area contributed by atoms with Crippen LogP contribution in [0, 0.1) is 0 Å². The molecule has 0 fully saturated rings. The Labute approximate surface area is 114 Å². The standard InChI is InChI=1S/C13H16F3NO3/c1-2-3-9-20-11(18)6-8-17-7-4-5-10(12(17)19)13(14,15)16/h4-5,7H,2-3,6,8-9H2,1H3. The zero-order valence-corrected chi connectivity index (χ0v) is 11.1. The first-order valence-electron chi connectivity index (χ1n) is 6.28. The molecule has 4 nitrogen and oxygen atoms in total. The predicted molar refractivity (Wildman–Crippen MR) is 66.2 cm³/mol. The molecule has 0 unspecified atom stereocenters. The molecule has 7 heteroatoms. The second kappa shape index (κ2) is 7.12. The SMILES string of the molecule is CCCCOC(=O)CCn1cccc(C(F)(F)F)c1=O. The van der Waals surface area contributed by atoms with E-state index < -0.39 is 23.3 Å². The van der Waals surface area contributed by atoms with Gasteiger partial charge in [-0.1, -0.05) is 13.3 Å². The van der Waals surface area contributed by atoms with Gasteiger partial charge in [0.15, 0.2) is 0 Å². The van der Waals surface area contributed by atoms with Crippen LogP contribution in [0.3, 0.4) is 0 Å². The number of aromatic nitrogens is 1. The van der Waals surface area contributed by atoms with Crippen LogP contribution in [-0.2, 0) is 22.3 Å². The predicted octanol–water partition coefficient (Wildman–Crippen LogP) is 2.60. The molecule has 0 bridgehead atoms. The van der Waals surface area contributed by atoms with Gasteiger partial charge in [0.1, 0.15) is 5.56 Å². The number of carbonyl (C=O) groups is 1. The van der Waals surface area contributed by atoms with Gasteiger partial charge in [0.25, 0.3) is 5.56 Å². The topological polar surface area (TPSA) is 48.3 Å². The molecule has 0 aromatic carbocycles. The number of esters is 1. The molecule has 1 aromatic heterocycles. The molecule has 1 heterocycles. The molecule has 1 rings (SSSR count). The summed E-state index contributed by atoms with van der Waals surface area (Å²) in [5.41, 5.74) is -2.39. The van der Waals surface area contributed by atoms with Gasteiger partial charge in [-0.15, -0.1) is 0 Å². The number of unbranched alkanes of at least 4 members (excludes halogenated alkanes) is 1. The summed E-state index contributed by atoms with van der Waals surface area (Å²) < 4.78 is 43.3. The summed E-state index contributed by atoms with van der Waals surface area (Å²) in [5.74, 6) is -0.525. The molecule has 1 aromatic rings. The highest BCUT2D eigenvalue weighted by Crippen LogP contribution is 2.25. The van der Waals surface area contributed by atoms with E-state index in [1.54, 1.807) is 0 Å². The lowest BCUT2D eigenvalue weighted by Crippen LogP contribution is -2.28. The molecule has 0 atom stereocenters. The van der Waals surface area contributed by atoms with E-state index in [0.29, 0.717) is 0 Å². The monoisotopic (exact) mass is 291 g/mol. The maximum Gasteiger partial charge on any atom is 0.421 e. The first-order chi connectivity index (χ1) is 9.36. The van der Waals surface area contributed by atoms with E-state index in [4.69, 9.17) is 4.74 Å². The van der Waals surface area contributed by atoms with Crippen molar-refractivity contribution in [2.45, 2.75) is 38.9 Å². The molecule has 0 saturated heterocycles. The number of pyridine rings is 1. The Kier molecular flexibility index (Phi) is 5.79. The Bertz CT molecular complexity index is 508. The summed E-state index contributed by atoms with van der Waals surface area (Å²) in [6.07, 6.45) is -2.00. The summed E-state index contributed by atoms with van der Waals surface area (Å²) >= 11 is 0. The van der Waals surface area contributed by atoms with Crippen LogP contribution in [0.5, 0.6) is 0 Å². The number of hydrogen-bond donors (Lipinski definition) is 0. The summed E-state index contributed by atoms with van der Waals surface area (Å²) in [4.78, 5) is 22.9. The smallest absolute Gasteiger partial charge is 0.421 e. The number of carbonyl (C=O) groups excluding carboxylic acids is 1. The van der Waals surface area contributed by atoms with Crippen LogP contribution in [0.1, 0.15) is 31.7 Å². The molecule has 0 aliphatic heterocycles. The molecule has 20 heavy (non-hydrogen) atoms. The Hall–Kier alpha value is -1.79. The van der Waals surface area contributed by atoms with Gasteiger partial charge in [-0.25, -0.2) is 0 Å². The number of rotatable bonds is 6. The summed E-state index contributed by atoms with van der Waals surface area (Å²) in [6.45, 7) is 2.09. The second-order valence-electron chi connectivity index (χ2n) is 4.24. The van der Waals surface area contributed by atoms with Gasteiger partial charge in [0, 0.05) is 12.7 Å². The van der Waals surface area contributed by atoms with E-state index in [9.17, 15) is 22.8 Å². The Balaban J connectivity index is 2.66. The van der Waals surface area contributed by atoms with Crippen LogP contribution < -0.4 is 5.56 Å². The quantitative estimate of drug-likeness (QED) is 0.598. The Morgan fingerprint density at radius 3 is 2.70 bits per heavy atom. The molecular formula is C13H16F3NO3. The van der Waals surface area contributed by atoms with E-state index in [0.717, 1.165) is 29.5 Å². The van der Waals surface area contributed by atoms with Crippen LogP contribution in [0.25, 0.3) is 0 Å². The van der Waals surface area contributed by atoms with Crippen molar-refractivity contribution in [3.8, 4) is 0 Å². The molecule has 0 N–H and O–H groups in total. The van der Waals surface area contributed by atoms with Crippen molar-refractivity contribution >= 4 is 5.97 Å². The van der Waals surface area contributed by atoms with Crippen molar-refractivity contribution in [1.29, 1.82) is 0 Å². The van der Waals surface area contributed by atoms with Crippen molar-refractivity contribution in [2.24, 2.45) is 0 Å². The normalized spacial score (nSPS) is 11.4. The largest absolute Gasteiger partial charge is 0.466 e. The van der Waals surface area contributed by atoms with Gasteiger partial charge in [0.2, 0.25) is 0 Å².